The van der Waals surface area contributed by atoms with Gasteiger partial charge in [0, 0.05) is 99.1 Å². The Kier molecular flexibility index (Phi) is 12.2. The Hall–Kier alpha value is -13.4. The first-order valence-corrected chi connectivity index (χ1v) is 35.4. The molecule has 0 bridgehead atoms. The SMILES string of the molecule is C1=Cc2c(c3ccc4c5ccccc5n(-c5ccc(-c6cc(-c7ccc(-n8c9ccccc9c9cc%10c(cc98)c8ccccc8n%10-c8ccccc8)cc7)cc(-c7ccc(-n8c9ccccc9c9cc%10c(cc98)c8ccccc8n%10-c8ccccc8)cc7)c6)cc5)c4c3n2-c2ccccc2)CC1. The van der Waals surface area contributed by atoms with Crippen molar-refractivity contribution in [1.82, 2.24) is 27.4 Å². The Morgan fingerprint density at radius 3 is 0.843 bits per heavy atom. The third-order valence-electron chi connectivity index (χ3n) is 22.0. The van der Waals surface area contributed by atoms with Crippen molar-refractivity contribution >= 4 is 126 Å². The zero-order valence-electron chi connectivity index (χ0n) is 55.6. The molecule has 102 heavy (non-hydrogen) atoms. The average molecular weight is 1300 g/mol. The lowest BCUT2D eigenvalue weighted by Gasteiger charge is -2.15. The quantitative estimate of drug-likeness (QED) is 0.138. The molecule has 1 aliphatic rings. The molecule has 6 heteroatoms. The molecular formula is C96H62N6. The largest absolute Gasteiger partial charge is 0.309 e. The average Bonchev–Trinajstić information content (AvgIpc) is 1.56. The summed E-state index contributed by atoms with van der Waals surface area (Å²) in [7, 11) is 0. The molecule has 0 radical (unpaired) electrons. The highest BCUT2D eigenvalue weighted by molar-refractivity contribution is 6.22. The lowest BCUT2D eigenvalue weighted by Crippen LogP contribution is -2.01. The summed E-state index contributed by atoms with van der Waals surface area (Å²) in [5.74, 6) is 0. The van der Waals surface area contributed by atoms with Crippen LogP contribution in [0.5, 0.6) is 0 Å². The molecule has 476 valence electrons. The Morgan fingerprint density at radius 2 is 0.471 bits per heavy atom. The number of fused-ring (bicyclic) bond motifs is 19. The maximum atomic E-state index is 2.52. The molecule has 0 spiro atoms. The van der Waals surface area contributed by atoms with Gasteiger partial charge in [-0.05, 0) is 203 Å². The van der Waals surface area contributed by atoms with Gasteiger partial charge in [-0.3, -0.25) is 0 Å². The van der Waals surface area contributed by atoms with Crippen LogP contribution >= 0.6 is 0 Å². The van der Waals surface area contributed by atoms with Crippen molar-refractivity contribution in [3.05, 3.63) is 357 Å². The van der Waals surface area contributed by atoms with Crippen molar-refractivity contribution in [2.24, 2.45) is 0 Å². The van der Waals surface area contributed by atoms with E-state index in [2.05, 4.69) is 379 Å². The normalized spacial score (nSPS) is 12.6. The number of aryl methyl sites for hydroxylation is 1. The zero-order chi connectivity index (χ0) is 66.7. The van der Waals surface area contributed by atoms with E-state index in [-0.39, 0.29) is 0 Å². The van der Waals surface area contributed by atoms with E-state index in [0.29, 0.717) is 0 Å². The number of para-hydroxylation sites is 8. The van der Waals surface area contributed by atoms with Gasteiger partial charge in [0.15, 0.2) is 0 Å². The summed E-state index contributed by atoms with van der Waals surface area (Å²) in [6.45, 7) is 0. The summed E-state index contributed by atoms with van der Waals surface area (Å²) in [6.07, 6.45) is 6.73. The molecule has 0 fully saturated rings. The highest BCUT2D eigenvalue weighted by Crippen LogP contribution is 2.46. The number of allylic oxidation sites excluding steroid dienone is 1. The second kappa shape index (κ2) is 22.0. The maximum Gasteiger partial charge on any atom is 0.0788 e. The zero-order valence-corrected chi connectivity index (χ0v) is 55.6. The Balaban J connectivity index is 0.702. The van der Waals surface area contributed by atoms with E-state index in [1.807, 2.05) is 0 Å². The number of rotatable bonds is 9. The van der Waals surface area contributed by atoms with E-state index in [1.165, 1.54) is 137 Å². The van der Waals surface area contributed by atoms with Crippen LogP contribution in [0.4, 0.5) is 0 Å². The number of benzene rings is 15. The number of aromatic nitrogens is 6. The van der Waals surface area contributed by atoms with E-state index in [1.54, 1.807) is 0 Å². The summed E-state index contributed by atoms with van der Waals surface area (Å²) in [5, 5.41) is 13.6. The lowest BCUT2D eigenvalue weighted by molar-refractivity contribution is 0.967. The highest BCUT2D eigenvalue weighted by atomic mass is 15.1. The number of nitrogens with zero attached hydrogens (tertiary/aromatic N) is 6. The van der Waals surface area contributed by atoms with E-state index in [4.69, 9.17) is 0 Å². The van der Waals surface area contributed by atoms with Crippen LogP contribution in [0, 0.1) is 0 Å². The van der Waals surface area contributed by atoms with Crippen LogP contribution in [-0.2, 0) is 6.42 Å². The highest BCUT2D eigenvalue weighted by Gasteiger charge is 2.26. The van der Waals surface area contributed by atoms with Crippen molar-refractivity contribution < 1.29 is 0 Å². The van der Waals surface area contributed by atoms with Crippen LogP contribution < -0.4 is 0 Å². The minimum atomic E-state index is 1.01. The first-order valence-electron chi connectivity index (χ1n) is 35.4. The number of hydrogen-bond acceptors (Lipinski definition) is 0. The van der Waals surface area contributed by atoms with E-state index in [9.17, 15) is 0 Å². The fourth-order valence-corrected chi connectivity index (χ4v) is 17.5. The van der Waals surface area contributed by atoms with Crippen molar-refractivity contribution in [3.63, 3.8) is 0 Å². The van der Waals surface area contributed by atoms with Gasteiger partial charge in [0.25, 0.3) is 0 Å². The molecule has 0 unspecified atom stereocenters. The predicted octanol–water partition coefficient (Wildman–Crippen LogP) is 25.1. The molecule has 6 nitrogen and oxygen atoms in total. The molecule has 6 aromatic heterocycles. The van der Waals surface area contributed by atoms with Crippen LogP contribution in [-0.4, -0.2) is 27.4 Å². The Bertz CT molecular complexity index is 6760. The molecule has 0 aliphatic heterocycles. The predicted molar refractivity (Wildman–Crippen MR) is 429 cm³/mol. The summed E-state index contributed by atoms with van der Waals surface area (Å²) in [5.41, 5.74) is 29.5. The van der Waals surface area contributed by atoms with Gasteiger partial charge in [0.1, 0.15) is 0 Å². The monoisotopic (exact) mass is 1300 g/mol. The van der Waals surface area contributed by atoms with Crippen LogP contribution in [0.2, 0.25) is 0 Å². The molecule has 0 amide bonds. The molecule has 22 rings (SSSR count). The molecule has 21 aromatic rings. The van der Waals surface area contributed by atoms with Crippen LogP contribution in [0.3, 0.4) is 0 Å². The van der Waals surface area contributed by atoms with Gasteiger partial charge in [-0.25, -0.2) is 0 Å². The van der Waals surface area contributed by atoms with Gasteiger partial charge < -0.3 is 27.4 Å². The van der Waals surface area contributed by atoms with Gasteiger partial charge in [0.05, 0.1) is 60.7 Å². The first kappa shape index (κ1) is 56.6. The molecule has 6 heterocycles. The van der Waals surface area contributed by atoms with Crippen molar-refractivity contribution in [2.75, 3.05) is 0 Å². The van der Waals surface area contributed by atoms with Crippen LogP contribution in [0.25, 0.3) is 194 Å². The summed E-state index contributed by atoms with van der Waals surface area (Å²) >= 11 is 0. The van der Waals surface area contributed by atoms with Crippen molar-refractivity contribution in [3.8, 4) is 67.5 Å². The molecule has 1 aliphatic carbocycles. The molecule has 0 atom stereocenters. The standard InChI is InChI=1S/C96H62N6/c1-4-22-67(23-5-1)97-85-34-16-12-30-75(85)81-59-93-83(57-91(81)97)77-32-14-18-36-87(77)99(93)70-46-40-61(41-47-70)64-54-65(62-42-48-71(49-43-62)100-88-37-19-15-33-78(88)84-58-92-82(60-94(84)100)76-31-13-17-35-86(76)98(92)68-24-6-2-7-25-68)56-66(55-64)63-44-50-72(51-45-63)102-90-39-21-11-29-74(90)80-53-52-79-73-28-10-20-38-89(73)101(95(79)96(80)102)69-26-8-3-9-27-69/h1-9,11-27,29-60H,10,28H2. The second-order valence-corrected chi connectivity index (χ2v) is 27.5. The smallest absolute Gasteiger partial charge is 0.0788 e. The van der Waals surface area contributed by atoms with Gasteiger partial charge in [-0.2, -0.15) is 0 Å². The third-order valence-corrected chi connectivity index (χ3v) is 22.0. The van der Waals surface area contributed by atoms with Crippen molar-refractivity contribution in [1.29, 1.82) is 0 Å². The first-order chi connectivity index (χ1) is 50.6. The minimum absolute atomic E-state index is 1.01. The van der Waals surface area contributed by atoms with Crippen LogP contribution in [0.1, 0.15) is 17.7 Å². The molecular weight excluding hydrogens is 1240 g/mol. The fourth-order valence-electron chi connectivity index (χ4n) is 17.5. The molecule has 15 aromatic carbocycles. The summed E-state index contributed by atoms with van der Waals surface area (Å²) < 4.78 is 14.8. The molecule has 0 saturated heterocycles. The van der Waals surface area contributed by atoms with Gasteiger partial charge in [0.2, 0.25) is 0 Å². The van der Waals surface area contributed by atoms with Crippen LogP contribution in [0.15, 0.2) is 346 Å². The Labute approximate surface area is 587 Å². The van der Waals surface area contributed by atoms with E-state index in [0.717, 1.165) is 74.7 Å². The van der Waals surface area contributed by atoms with E-state index < -0.39 is 0 Å². The maximum absolute atomic E-state index is 2.52. The topological polar surface area (TPSA) is 29.6 Å². The Morgan fingerprint density at radius 1 is 0.186 bits per heavy atom. The fraction of sp³-hybridized carbons (Fsp3) is 0.0208. The van der Waals surface area contributed by atoms with Gasteiger partial charge >= 0.3 is 0 Å². The molecule has 0 N–H and O–H groups in total. The number of hydrogen-bond donors (Lipinski definition) is 0. The molecule has 0 saturated carbocycles. The second-order valence-electron chi connectivity index (χ2n) is 27.5. The third kappa shape index (κ3) is 8.35. The van der Waals surface area contributed by atoms with Crippen molar-refractivity contribution in [2.45, 2.75) is 12.8 Å². The minimum Gasteiger partial charge on any atom is -0.309 e. The van der Waals surface area contributed by atoms with Gasteiger partial charge in [-0.1, -0.05) is 200 Å². The summed E-state index contributed by atoms with van der Waals surface area (Å²) in [4.78, 5) is 0. The van der Waals surface area contributed by atoms with Gasteiger partial charge in [-0.15, -0.1) is 0 Å². The lowest BCUT2D eigenvalue weighted by atomic mass is 9.93. The summed E-state index contributed by atoms with van der Waals surface area (Å²) in [6, 6.07) is 126. The van der Waals surface area contributed by atoms with E-state index >= 15 is 0 Å².